The van der Waals surface area contributed by atoms with E-state index in [1.54, 1.807) is 0 Å². The predicted octanol–water partition coefficient (Wildman–Crippen LogP) is 6.87. The summed E-state index contributed by atoms with van der Waals surface area (Å²) in [5, 5.41) is 6.87. The summed E-state index contributed by atoms with van der Waals surface area (Å²) in [7, 11) is 0. The number of halogens is 1. The molecule has 2 aliphatic rings. The zero-order valence-corrected chi connectivity index (χ0v) is 16.1. The second kappa shape index (κ2) is 6.26. The number of benzene rings is 3. The lowest BCUT2D eigenvalue weighted by Crippen LogP contribution is -2.35. The maximum absolute atomic E-state index is 6.28. The van der Waals surface area contributed by atoms with Gasteiger partial charge in [-0.25, -0.2) is 0 Å². The molecule has 3 aromatic carbocycles. The highest BCUT2D eigenvalue weighted by Crippen LogP contribution is 2.50. The van der Waals surface area contributed by atoms with Gasteiger partial charge in [0.05, 0.1) is 12.1 Å². The van der Waals surface area contributed by atoms with E-state index in [0.717, 1.165) is 41.3 Å². The summed E-state index contributed by atoms with van der Waals surface area (Å²) in [5.74, 6) is 0.385. The Labute approximate surface area is 168 Å². The standard InChI is InChI=1S/C24H20ClNO2/c25-15-8-9-20-19(13-15)24-17(5-3-11-27-24)23(26-20)14-7-10-22-18(12-14)16-4-1-2-6-21(16)28-22/h1-2,4,6-10,12-13,17,23-24,26H,3,5,11H2/t17?,23-,24?/m0/s1. The molecule has 0 radical (unpaired) electrons. The van der Waals surface area contributed by atoms with Crippen LogP contribution in [0.1, 0.15) is 36.1 Å². The van der Waals surface area contributed by atoms with Gasteiger partial charge in [-0.1, -0.05) is 35.9 Å². The highest BCUT2D eigenvalue weighted by molar-refractivity contribution is 6.30. The molecule has 1 aromatic heterocycles. The second-order valence-electron chi connectivity index (χ2n) is 7.80. The van der Waals surface area contributed by atoms with E-state index in [2.05, 4.69) is 47.8 Å². The summed E-state index contributed by atoms with van der Waals surface area (Å²) in [6.07, 6.45) is 2.32. The van der Waals surface area contributed by atoms with Crippen LogP contribution in [0.25, 0.3) is 21.9 Å². The van der Waals surface area contributed by atoms with E-state index in [9.17, 15) is 0 Å². The van der Waals surface area contributed by atoms with E-state index in [0.29, 0.717) is 5.92 Å². The molecule has 3 heterocycles. The number of ether oxygens (including phenoxy) is 1. The molecule has 0 saturated carbocycles. The van der Waals surface area contributed by atoms with Gasteiger partial charge in [0.2, 0.25) is 0 Å². The van der Waals surface area contributed by atoms with Crippen LogP contribution in [0.15, 0.2) is 65.1 Å². The Morgan fingerprint density at radius 2 is 1.82 bits per heavy atom. The molecule has 3 nitrogen and oxygen atoms in total. The summed E-state index contributed by atoms with van der Waals surface area (Å²) in [6, 6.07) is 21.1. The number of hydrogen-bond acceptors (Lipinski definition) is 3. The van der Waals surface area contributed by atoms with Gasteiger partial charge in [0, 0.05) is 39.6 Å². The molecule has 1 N–H and O–H groups in total. The molecule has 140 valence electrons. The molecule has 3 atom stereocenters. The first-order valence-corrected chi connectivity index (χ1v) is 10.2. The molecule has 2 aliphatic heterocycles. The normalized spacial score (nSPS) is 24.0. The summed E-state index contributed by atoms with van der Waals surface area (Å²) < 4.78 is 12.3. The van der Waals surface area contributed by atoms with Crippen molar-refractivity contribution in [2.24, 2.45) is 5.92 Å². The summed E-state index contributed by atoms with van der Waals surface area (Å²) in [5.41, 5.74) is 5.45. The van der Waals surface area contributed by atoms with Crippen LogP contribution in [0.5, 0.6) is 0 Å². The first-order chi connectivity index (χ1) is 13.8. The number of fused-ring (bicyclic) bond motifs is 6. The SMILES string of the molecule is Clc1ccc2c(c1)C1OCCCC1[C@H](c1ccc3oc4ccccc4c3c1)N2. The highest BCUT2D eigenvalue weighted by Gasteiger charge is 2.40. The van der Waals surface area contributed by atoms with Crippen molar-refractivity contribution in [1.82, 2.24) is 0 Å². The summed E-state index contributed by atoms with van der Waals surface area (Å²) in [6.45, 7) is 0.811. The Balaban J connectivity index is 1.49. The predicted molar refractivity (Wildman–Crippen MR) is 113 cm³/mol. The molecule has 4 heteroatoms. The average Bonchev–Trinajstić information content (AvgIpc) is 3.11. The first kappa shape index (κ1) is 16.5. The number of para-hydroxylation sites is 1. The molecular formula is C24H20ClNO2. The van der Waals surface area contributed by atoms with E-state index in [1.165, 1.54) is 21.9 Å². The van der Waals surface area contributed by atoms with Crippen LogP contribution in [0.2, 0.25) is 5.02 Å². The summed E-state index contributed by atoms with van der Waals surface area (Å²) in [4.78, 5) is 0. The van der Waals surface area contributed by atoms with Gasteiger partial charge in [-0.3, -0.25) is 0 Å². The van der Waals surface area contributed by atoms with Crippen molar-refractivity contribution >= 4 is 39.2 Å². The number of nitrogens with one attached hydrogen (secondary N) is 1. The number of anilines is 1. The maximum atomic E-state index is 6.28. The largest absolute Gasteiger partial charge is 0.456 e. The lowest BCUT2D eigenvalue weighted by molar-refractivity contribution is -0.0381. The van der Waals surface area contributed by atoms with Crippen LogP contribution < -0.4 is 5.32 Å². The minimum absolute atomic E-state index is 0.0884. The van der Waals surface area contributed by atoms with Crippen LogP contribution in [0.4, 0.5) is 5.69 Å². The molecule has 1 saturated heterocycles. The topological polar surface area (TPSA) is 34.4 Å². The smallest absolute Gasteiger partial charge is 0.135 e. The van der Waals surface area contributed by atoms with Crippen LogP contribution in [-0.2, 0) is 4.74 Å². The van der Waals surface area contributed by atoms with E-state index in [4.69, 9.17) is 20.8 Å². The van der Waals surface area contributed by atoms with Crippen LogP contribution in [-0.4, -0.2) is 6.61 Å². The third-order valence-corrected chi connectivity index (χ3v) is 6.42. The zero-order valence-electron chi connectivity index (χ0n) is 15.3. The minimum atomic E-state index is 0.0884. The van der Waals surface area contributed by atoms with Crippen molar-refractivity contribution in [3.63, 3.8) is 0 Å². The van der Waals surface area contributed by atoms with Gasteiger partial charge in [-0.2, -0.15) is 0 Å². The average molecular weight is 390 g/mol. The van der Waals surface area contributed by atoms with Gasteiger partial charge in [0.1, 0.15) is 11.2 Å². The van der Waals surface area contributed by atoms with Crippen molar-refractivity contribution in [2.75, 3.05) is 11.9 Å². The van der Waals surface area contributed by atoms with Gasteiger partial charge >= 0.3 is 0 Å². The molecule has 0 aliphatic carbocycles. The summed E-state index contributed by atoms with van der Waals surface area (Å²) >= 11 is 6.28. The lowest BCUT2D eigenvalue weighted by Gasteiger charge is -2.43. The number of furan rings is 1. The van der Waals surface area contributed by atoms with Gasteiger partial charge < -0.3 is 14.5 Å². The fourth-order valence-corrected chi connectivity index (χ4v) is 5.09. The Morgan fingerprint density at radius 3 is 2.79 bits per heavy atom. The van der Waals surface area contributed by atoms with E-state index in [1.807, 2.05) is 18.2 Å². The highest BCUT2D eigenvalue weighted by atomic mass is 35.5. The van der Waals surface area contributed by atoms with Gasteiger partial charge in [-0.15, -0.1) is 0 Å². The molecule has 0 amide bonds. The second-order valence-corrected chi connectivity index (χ2v) is 8.24. The van der Waals surface area contributed by atoms with Crippen LogP contribution >= 0.6 is 11.6 Å². The van der Waals surface area contributed by atoms with Crippen molar-refractivity contribution in [1.29, 1.82) is 0 Å². The Morgan fingerprint density at radius 1 is 0.929 bits per heavy atom. The molecule has 4 aromatic rings. The van der Waals surface area contributed by atoms with Crippen molar-refractivity contribution < 1.29 is 9.15 Å². The van der Waals surface area contributed by atoms with Crippen molar-refractivity contribution in [2.45, 2.75) is 25.0 Å². The monoisotopic (exact) mass is 389 g/mol. The molecule has 0 spiro atoms. The first-order valence-electron chi connectivity index (χ1n) is 9.87. The Hall–Kier alpha value is -2.49. The van der Waals surface area contributed by atoms with Crippen LogP contribution in [0.3, 0.4) is 0 Å². The maximum Gasteiger partial charge on any atom is 0.135 e. The van der Waals surface area contributed by atoms with E-state index >= 15 is 0 Å². The molecule has 1 fully saturated rings. The van der Waals surface area contributed by atoms with E-state index in [-0.39, 0.29) is 12.1 Å². The molecular weight excluding hydrogens is 370 g/mol. The van der Waals surface area contributed by atoms with Gasteiger partial charge in [0.25, 0.3) is 0 Å². The lowest BCUT2D eigenvalue weighted by atomic mass is 9.77. The van der Waals surface area contributed by atoms with Crippen molar-refractivity contribution in [3.05, 3.63) is 76.8 Å². The van der Waals surface area contributed by atoms with Gasteiger partial charge in [0.15, 0.2) is 0 Å². The zero-order chi connectivity index (χ0) is 18.7. The molecule has 0 bridgehead atoms. The third-order valence-electron chi connectivity index (χ3n) is 6.19. The minimum Gasteiger partial charge on any atom is -0.456 e. The molecule has 28 heavy (non-hydrogen) atoms. The van der Waals surface area contributed by atoms with Crippen LogP contribution in [0, 0.1) is 5.92 Å². The van der Waals surface area contributed by atoms with E-state index < -0.39 is 0 Å². The Kier molecular flexibility index (Phi) is 3.68. The quantitative estimate of drug-likeness (QED) is 0.385. The fourth-order valence-electron chi connectivity index (χ4n) is 4.91. The van der Waals surface area contributed by atoms with Gasteiger partial charge in [-0.05, 0) is 54.8 Å². The van der Waals surface area contributed by atoms with Crippen molar-refractivity contribution in [3.8, 4) is 0 Å². The molecule has 6 rings (SSSR count). The molecule has 2 unspecified atom stereocenters. The number of rotatable bonds is 1. The number of hydrogen-bond donors (Lipinski definition) is 1. The fraction of sp³-hybridized carbons (Fsp3) is 0.250. The Bertz CT molecular complexity index is 1200. The third kappa shape index (κ3) is 2.47.